The van der Waals surface area contributed by atoms with Crippen LogP contribution in [0.25, 0.3) is 0 Å². The highest BCUT2D eigenvalue weighted by molar-refractivity contribution is 8.00. The predicted molar refractivity (Wildman–Crippen MR) is 103 cm³/mol. The van der Waals surface area contributed by atoms with Crippen LogP contribution in [-0.4, -0.2) is 39.7 Å². The minimum absolute atomic E-state index is 0.0812. The van der Waals surface area contributed by atoms with Crippen LogP contribution in [0.1, 0.15) is 5.56 Å². The molecule has 7 nitrogen and oxygen atoms in total. The second-order valence-electron chi connectivity index (χ2n) is 6.04. The van der Waals surface area contributed by atoms with E-state index in [9.17, 15) is 22.4 Å². The van der Waals surface area contributed by atoms with Gasteiger partial charge in [-0.25, -0.2) is 12.8 Å². The average molecular weight is 424 g/mol. The van der Waals surface area contributed by atoms with E-state index in [1.165, 1.54) is 48.0 Å². The van der Waals surface area contributed by atoms with Crippen LogP contribution >= 0.6 is 11.8 Å². The summed E-state index contributed by atoms with van der Waals surface area (Å²) in [6.07, 6.45) is 0. The molecule has 2 aromatic carbocycles. The van der Waals surface area contributed by atoms with Crippen LogP contribution in [0.2, 0.25) is 0 Å². The number of thioether (sulfide) groups is 1. The van der Waals surface area contributed by atoms with Crippen LogP contribution in [0.4, 0.5) is 15.8 Å². The number of nitrogens with one attached hydrogen (secondary N) is 1. The lowest BCUT2D eigenvalue weighted by Gasteiger charge is -2.28. The third kappa shape index (κ3) is 4.12. The van der Waals surface area contributed by atoms with Crippen LogP contribution in [0, 0.1) is 12.7 Å². The molecule has 0 saturated heterocycles. The van der Waals surface area contributed by atoms with Gasteiger partial charge in [-0.1, -0.05) is 6.07 Å². The summed E-state index contributed by atoms with van der Waals surface area (Å²) in [4.78, 5) is 25.6. The van der Waals surface area contributed by atoms with Gasteiger partial charge in [0.15, 0.2) is 0 Å². The summed E-state index contributed by atoms with van der Waals surface area (Å²) < 4.78 is 46.1. The fourth-order valence-electron chi connectivity index (χ4n) is 2.59. The third-order valence-electron chi connectivity index (χ3n) is 4.12. The number of anilines is 2. The molecular weight excluding hydrogens is 407 g/mol. The summed E-state index contributed by atoms with van der Waals surface area (Å²) in [5.74, 6) is -1.34. The summed E-state index contributed by atoms with van der Waals surface area (Å²) in [7, 11) is -2.83. The molecule has 0 spiro atoms. The van der Waals surface area contributed by atoms with E-state index >= 15 is 0 Å². The van der Waals surface area contributed by atoms with Crippen molar-refractivity contribution in [2.45, 2.75) is 16.7 Å². The van der Waals surface area contributed by atoms with E-state index in [2.05, 4.69) is 9.46 Å². The van der Waals surface area contributed by atoms with E-state index in [-0.39, 0.29) is 28.8 Å². The number of amides is 1. The monoisotopic (exact) mass is 424 g/mol. The summed E-state index contributed by atoms with van der Waals surface area (Å²) in [5, 5.41) is 0. The Hall–Kier alpha value is -2.59. The largest absolute Gasteiger partial charge is 0.468 e. The standard InChI is InChI=1S/C18H17FN2O5S2/c1-11-3-4-12(7-14(11)19)20-28(24,25)13-5-6-16-15(8-13)21(9-18(23)26-2)17(22)10-27-16/h3-8,20H,9-10H2,1-2H3. The molecule has 0 aromatic heterocycles. The molecule has 0 fully saturated rings. The maximum Gasteiger partial charge on any atom is 0.325 e. The molecule has 1 heterocycles. The maximum absolute atomic E-state index is 13.7. The topological polar surface area (TPSA) is 92.8 Å². The van der Waals surface area contributed by atoms with Crippen LogP contribution in [0.15, 0.2) is 46.2 Å². The minimum Gasteiger partial charge on any atom is -0.468 e. The van der Waals surface area contributed by atoms with Gasteiger partial charge in [0.25, 0.3) is 10.0 Å². The van der Waals surface area contributed by atoms with E-state index in [4.69, 9.17) is 0 Å². The van der Waals surface area contributed by atoms with E-state index in [0.717, 1.165) is 6.07 Å². The van der Waals surface area contributed by atoms with Crippen molar-refractivity contribution < 1.29 is 27.1 Å². The normalized spacial score (nSPS) is 13.8. The molecule has 0 saturated carbocycles. The number of rotatable bonds is 5. The summed E-state index contributed by atoms with van der Waals surface area (Å²) in [6.45, 7) is 1.25. The molecule has 1 N–H and O–H groups in total. The number of nitrogens with zero attached hydrogens (tertiary/aromatic N) is 1. The van der Waals surface area contributed by atoms with Gasteiger partial charge in [0, 0.05) is 4.90 Å². The molecule has 10 heteroatoms. The van der Waals surface area contributed by atoms with Crippen molar-refractivity contribution in [3.63, 3.8) is 0 Å². The van der Waals surface area contributed by atoms with Crippen molar-refractivity contribution in [1.29, 1.82) is 0 Å². The zero-order chi connectivity index (χ0) is 20.5. The van der Waals surface area contributed by atoms with Gasteiger partial charge in [-0.05, 0) is 42.8 Å². The average Bonchev–Trinajstić information content (AvgIpc) is 2.66. The molecular formula is C18H17FN2O5S2. The Morgan fingerprint density at radius 1 is 1.29 bits per heavy atom. The highest BCUT2D eigenvalue weighted by Gasteiger charge is 2.29. The summed E-state index contributed by atoms with van der Waals surface area (Å²) in [6, 6.07) is 8.29. The molecule has 1 amide bonds. The zero-order valence-electron chi connectivity index (χ0n) is 15.1. The molecule has 0 bridgehead atoms. The number of hydrogen-bond donors (Lipinski definition) is 1. The number of hydrogen-bond acceptors (Lipinski definition) is 6. The van der Waals surface area contributed by atoms with Gasteiger partial charge in [-0.15, -0.1) is 11.8 Å². The molecule has 28 heavy (non-hydrogen) atoms. The van der Waals surface area contributed by atoms with Crippen LogP contribution in [-0.2, 0) is 24.3 Å². The second-order valence-corrected chi connectivity index (χ2v) is 8.74. The first-order chi connectivity index (χ1) is 13.2. The number of esters is 1. The Labute approximate surface area is 165 Å². The first-order valence-corrected chi connectivity index (χ1v) is 10.6. The number of carbonyl (C=O) groups excluding carboxylic acids is 2. The molecule has 2 aromatic rings. The quantitative estimate of drug-likeness (QED) is 0.742. The van der Waals surface area contributed by atoms with Crippen molar-refractivity contribution in [3.05, 3.63) is 47.8 Å². The Balaban J connectivity index is 1.95. The third-order valence-corrected chi connectivity index (χ3v) is 6.55. The highest BCUT2D eigenvalue weighted by atomic mass is 32.2. The smallest absolute Gasteiger partial charge is 0.325 e. The lowest BCUT2D eigenvalue weighted by Crippen LogP contribution is -2.39. The molecule has 3 rings (SSSR count). The number of halogens is 1. The van der Waals surface area contributed by atoms with Crippen molar-refractivity contribution >= 4 is 45.0 Å². The Bertz CT molecular complexity index is 1060. The van der Waals surface area contributed by atoms with Gasteiger partial charge in [-0.2, -0.15) is 0 Å². The minimum atomic E-state index is -4.03. The molecule has 0 unspecified atom stereocenters. The van der Waals surface area contributed by atoms with E-state index in [0.29, 0.717) is 16.1 Å². The number of carbonyl (C=O) groups is 2. The first kappa shape index (κ1) is 20.2. The first-order valence-electron chi connectivity index (χ1n) is 8.14. The SMILES string of the molecule is COC(=O)CN1C(=O)CSc2ccc(S(=O)(=O)Nc3ccc(C)c(F)c3)cc21. The maximum atomic E-state index is 13.7. The lowest BCUT2D eigenvalue weighted by atomic mass is 10.2. The molecule has 1 aliphatic heterocycles. The van der Waals surface area contributed by atoms with Crippen molar-refractivity contribution in [3.8, 4) is 0 Å². The van der Waals surface area contributed by atoms with E-state index in [1.807, 2.05) is 0 Å². The summed E-state index contributed by atoms with van der Waals surface area (Å²) >= 11 is 1.25. The van der Waals surface area contributed by atoms with Gasteiger partial charge in [0.2, 0.25) is 5.91 Å². The Morgan fingerprint density at radius 3 is 2.71 bits per heavy atom. The number of ether oxygens (including phenoxy) is 1. The Morgan fingerprint density at radius 2 is 2.04 bits per heavy atom. The number of fused-ring (bicyclic) bond motifs is 1. The van der Waals surface area contributed by atoms with Gasteiger partial charge in [0.05, 0.1) is 29.1 Å². The van der Waals surface area contributed by atoms with Crippen molar-refractivity contribution in [2.75, 3.05) is 29.0 Å². The van der Waals surface area contributed by atoms with Gasteiger partial charge < -0.3 is 4.74 Å². The van der Waals surface area contributed by atoms with Crippen molar-refractivity contribution in [2.24, 2.45) is 0 Å². The predicted octanol–water partition coefficient (Wildman–Crippen LogP) is 2.55. The molecule has 148 valence electrons. The van der Waals surface area contributed by atoms with Gasteiger partial charge in [-0.3, -0.25) is 19.2 Å². The molecule has 1 aliphatic rings. The van der Waals surface area contributed by atoms with Crippen LogP contribution in [0.5, 0.6) is 0 Å². The number of aryl methyl sites for hydroxylation is 1. The molecule has 0 radical (unpaired) electrons. The van der Waals surface area contributed by atoms with Crippen LogP contribution in [0.3, 0.4) is 0 Å². The lowest BCUT2D eigenvalue weighted by molar-refractivity contribution is -0.139. The van der Waals surface area contributed by atoms with Gasteiger partial charge in [0.1, 0.15) is 12.4 Å². The number of sulfonamides is 1. The van der Waals surface area contributed by atoms with E-state index < -0.39 is 21.8 Å². The Kier molecular flexibility index (Phi) is 5.61. The molecule has 0 atom stereocenters. The highest BCUT2D eigenvalue weighted by Crippen LogP contribution is 2.37. The fourth-order valence-corrected chi connectivity index (χ4v) is 4.57. The zero-order valence-corrected chi connectivity index (χ0v) is 16.7. The number of benzene rings is 2. The van der Waals surface area contributed by atoms with Gasteiger partial charge >= 0.3 is 5.97 Å². The van der Waals surface area contributed by atoms with E-state index in [1.54, 1.807) is 13.0 Å². The molecule has 0 aliphatic carbocycles. The van der Waals surface area contributed by atoms with Crippen LogP contribution < -0.4 is 9.62 Å². The van der Waals surface area contributed by atoms with Crippen molar-refractivity contribution in [1.82, 2.24) is 0 Å². The summed E-state index contributed by atoms with van der Waals surface area (Å²) in [5.41, 5.74) is 0.785. The fraction of sp³-hybridized carbons (Fsp3) is 0.222. The second kappa shape index (κ2) is 7.80. The number of methoxy groups -OCH3 is 1.